The molecule has 0 bridgehead atoms. The van der Waals surface area contributed by atoms with Crippen molar-refractivity contribution in [2.45, 2.75) is 0 Å². The smallest absolute Gasteiger partial charge is 0.234 e. The summed E-state index contributed by atoms with van der Waals surface area (Å²) in [6.45, 7) is 0. The van der Waals surface area contributed by atoms with Crippen molar-refractivity contribution in [2.75, 3.05) is 5.73 Å². The first-order chi connectivity index (χ1) is 10.2. The van der Waals surface area contributed by atoms with Crippen LogP contribution in [0.4, 0.5) is 10.1 Å². The molecule has 2 N–H and O–H groups in total. The van der Waals surface area contributed by atoms with Gasteiger partial charge < -0.3 is 5.73 Å². The predicted molar refractivity (Wildman–Crippen MR) is 79.9 cm³/mol. The number of hydrogen-bond acceptors (Lipinski definition) is 3. The average molecular weight is 278 g/mol. The molecule has 0 unspecified atom stereocenters. The number of anilines is 1. The number of nitrogens with zero attached hydrogens (tertiary/aromatic N) is 3. The van der Waals surface area contributed by atoms with Crippen LogP contribution in [0.3, 0.4) is 0 Å². The fourth-order valence-corrected chi connectivity index (χ4v) is 2.29. The molecule has 0 saturated carbocycles. The number of allylic oxidation sites excluding steroid dienone is 4. The summed E-state index contributed by atoms with van der Waals surface area (Å²) in [5, 5.41) is 0. The highest BCUT2D eigenvalue weighted by molar-refractivity contribution is 5.80. The first-order valence-corrected chi connectivity index (χ1v) is 6.49. The molecule has 0 amide bonds. The van der Waals surface area contributed by atoms with Crippen molar-refractivity contribution in [3.63, 3.8) is 0 Å². The second-order valence-electron chi connectivity index (χ2n) is 4.90. The highest BCUT2D eigenvalue weighted by Gasteiger charge is 2.12. The summed E-state index contributed by atoms with van der Waals surface area (Å²) >= 11 is 0. The van der Waals surface area contributed by atoms with Gasteiger partial charge in [-0.3, -0.25) is 4.40 Å². The molecule has 102 valence electrons. The summed E-state index contributed by atoms with van der Waals surface area (Å²) in [7, 11) is 0. The van der Waals surface area contributed by atoms with Crippen LogP contribution in [0.25, 0.3) is 22.6 Å². The van der Waals surface area contributed by atoms with Gasteiger partial charge >= 0.3 is 0 Å². The molecule has 5 heteroatoms. The maximum atomic E-state index is 13.9. The van der Waals surface area contributed by atoms with E-state index in [1.807, 2.05) is 24.4 Å². The zero-order valence-corrected chi connectivity index (χ0v) is 11.0. The second kappa shape index (κ2) is 4.28. The lowest BCUT2D eigenvalue weighted by atomic mass is 10.0. The fourth-order valence-electron chi connectivity index (χ4n) is 2.29. The molecule has 0 saturated heterocycles. The number of imidazole rings is 1. The monoisotopic (exact) mass is 278 g/mol. The van der Waals surface area contributed by atoms with Crippen molar-refractivity contribution in [1.29, 1.82) is 0 Å². The lowest BCUT2D eigenvalue weighted by molar-refractivity contribution is 0.631. The summed E-state index contributed by atoms with van der Waals surface area (Å²) in [4.78, 5) is 8.65. The fraction of sp³-hybridized carbons (Fsp3) is 0. The number of nitrogens with two attached hydrogens (primary N) is 1. The lowest BCUT2D eigenvalue weighted by Gasteiger charge is -2.06. The van der Waals surface area contributed by atoms with Crippen molar-refractivity contribution in [2.24, 2.45) is 0 Å². The van der Waals surface area contributed by atoms with E-state index in [1.54, 1.807) is 22.9 Å². The van der Waals surface area contributed by atoms with E-state index in [-0.39, 0.29) is 5.82 Å². The second-order valence-corrected chi connectivity index (χ2v) is 4.90. The van der Waals surface area contributed by atoms with Gasteiger partial charge in [-0.15, -0.1) is 0 Å². The number of aromatic nitrogens is 3. The molecule has 4 nitrogen and oxygen atoms in total. The van der Waals surface area contributed by atoms with Crippen molar-refractivity contribution < 1.29 is 4.39 Å². The molecule has 0 fully saturated rings. The van der Waals surface area contributed by atoms with Crippen molar-refractivity contribution >= 4 is 17.0 Å². The van der Waals surface area contributed by atoms with Gasteiger partial charge in [0.05, 0.1) is 5.69 Å². The highest BCUT2D eigenvalue weighted by atomic mass is 19.1. The van der Waals surface area contributed by atoms with E-state index in [1.165, 1.54) is 12.1 Å². The van der Waals surface area contributed by atoms with Crippen LogP contribution in [0.5, 0.6) is 0 Å². The van der Waals surface area contributed by atoms with Gasteiger partial charge in [0, 0.05) is 35.4 Å². The van der Waals surface area contributed by atoms with Crippen molar-refractivity contribution in [3.05, 3.63) is 66.4 Å². The molecule has 0 aliphatic heterocycles. The lowest BCUT2D eigenvalue weighted by Crippen LogP contribution is -1.93. The van der Waals surface area contributed by atoms with E-state index in [4.69, 9.17) is 5.73 Å². The summed E-state index contributed by atoms with van der Waals surface area (Å²) in [5.41, 5.74) is 9.24. The first-order valence-electron chi connectivity index (χ1n) is 6.49. The zero-order chi connectivity index (χ0) is 14.4. The maximum absolute atomic E-state index is 13.9. The normalized spacial score (nSPS) is 13.3. The van der Waals surface area contributed by atoms with Crippen molar-refractivity contribution in [1.82, 2.24) is 14.4 Å². The van der Waals surface area contributed by atoms with E-state index >= 15 is 0 Å². The number of fused-ring (bicyclic) bond motifs is 1. The van der Waals surface area contributed by atoms with Gasteiger partial charge in [0.15, 0.2) is 0 Å². The quantitative estimate of drug-likeness (QED) is 0.733. The Hall–Kier alpha value is -2.95. The van der Waals surface area contributed by atoms with E-state index in [0.29, 0.717) is 22.7 Å². The van der Waals surface area contributed by atoms with Gasteiger partial charge in [0.2, 0.25) is 5.78 Å². The molecule has 21 heavy (non-hydrogen) atoms. The minimum atomic E-state index is -0.350. The maximum Gasteiger partial charge on any atom is 0.234 e. The molecule has 4 rings (SSSR count). The van der Waals surface area contributed by atoms with Crippen LogP contribution in [-0.4, -0.2) is 14.4 Å². The molecule has 3 aromatic rings. The minimum absolute atomic E-state index is 0.350. The molecule has 0 atom stereocenters. The molecular weight excluding hydrogens is 267 g/mol. The Morgan fingerprint density at radius 1 is 1.19 bits per heavy atom. The number of hydrogen-bond donors (Lipinski definition) is 1. The van der Waals surface area contributed by atoms with Gasteiger partial charge in [0.25, 0.3) is 0 Å². The molecule has 0 radical (unpaired) electrons. The van der Waals surface area contributed by atoms with Gasteiger partial charge in [-0.1, -0.05) is 18.2 Å². The summed E-state index contributed by atoms with van der Waals surface area (Å²) in [6.07, 6.45) is 11.4. The number of rotatable bonds is 2. The van der Waals surface area contributed by atoms with Crippen LogP contribution in [-0.2, 0) is 0 Å². The van der Waals surface area contributed by atoms with E-state index in [2.05, 4.69) is 9.97 Å². The van der Waals surface area contributed by atoms with Gasteiger partial charge in [-0.25, -0.2) is 14.4 Å². The standard InChI is InChI=1S/C16H11FN4/c17-14-5-4-12(18)6-13(14)15-9-21-8-11(10-2-1-3-10)7-19-16(21)20-15/h1-9H,18H2. The Balaban J connectivity index is 1.85. The van der Waals surface area contributed by atoms with Crippen LogP contribution >= 0.6 is 0 Å². The van der Waals surface area contributed by atoms with Crippen LogP contribution in [0.2, 0.25) is 0 Å². The van der Waals surface area contributed by atoms with E-state index in [0.717, 1.165) is 11.1 Å². The Bertz CT molecular complexity index is 921. The summed E-state index contributed by atoms with van der Waals surface area (Å²) in [6, 6.07) is 4.45. The van der Waals surface area contributed by atoms with Gasteiger partial charge in [-0.05, 0) is 23.8 Å². The molecule has 2 heterocycles. The van der Waals surface area contributed by atoms with Gasteiger partial charge in [-0.2, -0.15) is 0 Å². The summed E-state index contributed by atoms with van der Waals surface area (Å²) in [5.74, 6) is 0.178. The third-order valence-electron chi connectivity index (χ3n) is 3.46. The molecule has 1 aromatic carbocycles. The van der Waals surface area contributed by atoms with Crippen LogP contribution in [0.15, 0.2) is 55.0 Å². The van der Waals surface area contributed by atoms with Crippen LogP contribution in [0.1, 0.15) is 5.56 Å². The Labute approximate surface area is 120 Å². The molecule has 2 aromatic heterocycles. The van der Waals surface area contributed by atoms with E-state index < -0.39 is 0 Å². The largest absolute Gasteiger partial charge is 0.399 e. The van der Waals surface area contributed by atoms with E-state index in [9.17, 15) is 4.39 Å². The molecule has 1 aliphatic carbocycles. The highest BCUT2D eigenvalue weighted by Crippen LogP contribution is 2.26. The Kier molecular flexibility index (Phi) is 2.41. The van der Waals surface area contributed by atoms with Crippen LogP contribution in [0, 0.1) is 5.82 Å². The number of benzene rings is 1. The Morgan fingerprint density at radius 2 is 2.05 bits per heavy atom. The molecular formula is C16H11FN4. The SMILES string of the molecule is Nc1ccc(F)c(-c2cn3cc(C4=CC=C4)cnc3n2)c1. The number of halogens is 1. The topological polar surface area (TPSA) is 56.2 Å². The third kappa shape index (κ3) is 1.90. The molecule has 1 aliphatic rings. The summed E-state index contributed by atoms with van der Waals surface area (Å²) < 4.78 is 15.7. The minimum Gasteiger partial charge on any atom is -0.399 e. The van der Waals surface area contributed by atoms with Gasteiger partial charge in [0.1, 0.15) is 5.82 Å². The Morgan fingerprint density at radius 3 is 2.81 bits per heavy atom. The predicted octanol–water partition coefficient (Wildman–Crippen LogP) is 3.07. The number of nitrogen functional groups attached to an aromatic ring is 1. The average Bonchev–Trinajstić information content (AvgIpc) is 2.82. The van der Waals surface area contributed by atoms with Crippen molar-refractivity contribution in [3.8, 4) is 11.3 Å². The first kappa shape index (κ1) is 11.8. The zero-order valence-electron chi connectivity index (χ0n) is 11.0. The molecule has 0 spiro atoms. The van der Waals surface area contributed by atoms with Crippen LogP contribution < -0.4 is 5.73 Å². The third-order valence-corrected chi connectivity index (χ3v) is 3.46.